The van der Waals surface area contributed by atoms with Gasteiger partial charge in [-0.1, -0.05) is 60.7 Å². The van der Waals surface area contributed by atoms with Crippen molar-refractivity contribution in [1.82, 2.24) is 5.32 Å². The lowest BCUT2D eigenvalue weighted by Gasteiger charge is -2.17. The summed E-state index contributed by atoms with van der Waals surface area (Å²) < 4.78 is 0. The number of nitrogens with zero attached hydrogens (tertiary/aromatic N) is 1. The van der Waals surface area contributed by atoms with E-state index >= 15 is 0 Å². The van der Waals surface area contributed by atoms with Crippen LogP contribution < -0.4 is 10.2 Å². The van der Waals surface area contributed by atoms with Crippen LogP contribution in [0.3, 0.4) is 0 Å². The molecule has 28 heavy (non-hydrogen) atoms. The first kappa shape index (κ1) is 18.0. The molecule has 2 amide bonds. The number of amides is 2. The second kappa shape index (κ2) is 8.09. The van der Waals surface area contributed by atoms with Gasteiger partial charge >= 0.3 is 0 Å². The highest BCUT2D eigenvalue weighted by atomic mass is 16.2. The highest BCUT2D eigenvalue weighted by Gasteiger charge is 2.30. The molecule has 0 spiro atoms. The molecule has 140 valence electrons. The Labute approximate surface area is 164 Å². The van der Waals surface area contributed by atoms with E-state index in [2.05, 4.69) is 5.32 Å². The van der Waals surface area contributed by atoms with Crippen LogP contribution in [0.1, 0.15) is 16.8 Å². The number of carbonyl (C=O) groups excluding carboxylic acids is 2. The van der Waals surface area contributed by atoms with Crippen LogP contribution in [0.4, 0.5) is 5.69 Å². The van der Waals surface area contributed by atoms with Gasteiger partial charge in [-0.2, -0.15) is 0 Å². The van der Waals surface area contributed by atoms with E-state index in [-0.39, 0.29) is 17.7 Å². The van der Waals surface area contributed by atoms with Gasteiger partial charge < -0.3 is 10.2 Å². The second-order valence-corrected chi connectivity index (χ2v) is 7.06. The summed E-state index contributed by atoms with van der Waals surface area (Å²) in [4.78, 5) is 26.6. The predicted molar refractivity (Wildman–Crippen MR) is 111 cm³/mol. The molecule has 4 heteroatoms. The summed E-state index contributed by atoms with van der Waals surface area (Å²) in [6.45, 7) is 1.13. The van der Waals surface area contributed by atoms with Gasteiger partial charge in [-0.3, -0.25) is 9.59 Å². The normalized spacial score (nSPS) is 16.2. The zero-order valence-corrected chi connectivity index (χ0v) is 15.5. The van der Waals surface area contributed by atoms with Crippen molar-refractivity contribution in [3.8, 4) is 11.1 Å². The lowest BCUT2D eigenvalue weighted by atomic mass is 10.0. The minimum absolute atomic E-state index is 0.106. The number of para-hydroxylation sites is 1. The zero-order chi connectivity index (χ0) is 19.3. The molecule has 0 aromatic heterocycles. The van der Waals surface area contributed by atoms with Crippen molar-refractivity contribution in [3.05, 3.63) is 90.5 Å². The van der Waals surface area contributed by atoms with Crippen LogP contribution in [0.15, 0.2) is 84.9 Å². The Morgan fingerprint density at radius 3 is 2.14 bits per heavy atom. The van der Waals surface area contributed by atoms with Crippen molar-refractivity contribution in [2.45, 2.75) is 6.42 Å². The Kier molecular flexibility index (Phi) is 5.20. The smallest absolute Gasteiger partial charge is 0.251 e. The Morgan fingerprint density at radius 2 is 1.46 bits per heavy atom. The number of anilines is 1. The molecule has 3 aromatic carbocycles. The minimum atomic E-state index is -0.106. The van der Waals surface area contributed by atoms with Gasteiger partial charge in [0.15, 0.2) is 0 Å². The highest BCUT2D eigenvalue weighted by Crippen LogP contribution is 2.24. The maximum atomic E-state index is 12.5. The third-order valence-electron chi connectivity index (χ3n) is 5.08. The number of hydrogen-bond acceptors (Lipinski definition) is 2. The van der Waals surface area contributed by atoms with Crippen molar-refractivity contribution in [2.75, 3.05) is 18.0 Å². The molecule has 3 aromatic rings. The van der Waals surface area contributed by atoms with Gasteiger partial charge in [0.1, 0.15) is 0 Å². The van der Waals surface area contributed by atoms with Gasteiger partial charge in [-0.25, -0.2) is 0 Å². The zero-order valence-electron chi connectivity index (χ0n) is 15.5. The molecule has 0 aliphatic carbocycles. The fourth-order valence-corrected chi connectivity index (χ4v) is 3.56. The van der Waals surface area contributed by atoms with E-state index in [0.29, 0.717) is 25.1 Å². The molecule has 1 fully saturated rings. The maximum absolute atomic E-state index is 12.5. The predicted octanol–water partition coefficient (Wildman–Crippen LogP) is 4.14. The van der Waals surface area contributed by atoms with Crippen LogP contribution in [-0.4, -0.2) is 24.9 Å². The summed E-state index contributed by atoms with van der Waals surface area (Å²) in [5, 5.41) is 2.97. The first-order chi connectivity index (χ1) is 13.7. The summed E-state index contributed by atoms with van der Waals surface area (Å²) in [6, 6.07) is 27.3. The van der Waals surface area contributed by atoms with Gasteiger partial charge in [0.2, 0.25) is 5.91 Å². The molecule has 1 aliphatic rings. The summed E-state index contributed by atoms with van der Waals surface area (Å²) in [5.74, 6) is 0.128. The SMILES string of the molecule is O=C(NCC1CC(=O)N(c2ccccc2)C1)c1ccc(-c2ccccc2)cc1. The van der Waals surface area contributed by atoms with E-state index in [4.69, 9.17) is 0 Å². The van der Waals surface area contributed by atoms with E-state index in [1.165, 1.54) is 0 Å². The third-order valence-corrected chi connectivity index (χ3v) is 5.08. The highest BCUT2D eigenvalue weighted by molar-refractivity contribution is 5.96. The van der Waals surface area contributed by atoms with Crippen LogP contribution in [0, 0.1) is 5.92 Å². The van der Waals surface area contributed by atoms with Crippen molar-refractivity contribution >= 4 is 17.5 Å². The molecule has 1 heterocycles. The van der Waals surface area contributed by atoms with E-state index in [1.54, 1.807) is 4.90 Å². The number of nitrogens with one attached hydrogen (secondary N) is 1. The monoisotopic (exact) mass is 370 g/mol. The lowest BCUT2D eigenvalue weighted by Crippen LogP contribution is -2.31. The van der Waals surface area contributed by atoms with Crippen molar-refractivity contribution in [2.24, 2.45) is 5.92 Å². The Hall–Kier alpha value is -3.40. The number of benzene rings is 3. The molecular formula is C24H22N2O2. The summed E-state index contributed by atoms with van der Waals surface area (Å²) in [7, 11) is 0. The topological polar surface area (TPSA) is 49.4 Å². The van der Waals surface area contributed by atoms with Gasteiger partial charge in [0.05, 0.1) is 0 Å². The van der Waals surface area contributed by atoms with Crippen molar-refractivity contribution < 1.29 is 9.59 Å². The van der Waals surface area contributed by atoms with Crippen molar-refractivity contribution in [1.29, 1.82) is 0 Å². The molecule has 0 saturated carbocycles. The molecule has 1 aliphatic heterocycles. The van der Waals surface area contributed by atoms with E-state index < -0.39 is 0 Å². The Bertz CT molecular complexity index is 953. The van der Waals surface area contributed by atoms with Gasteiger partial charge in [0.25, 0.3) is 5.91 Å². The summed E-state index contributed by atoms with van der Waals surface area (Å²) >= 11 is 0. The molecular weight excluding hydrogens is 348 g/mol. The Morgan fingerprint density at radius 1 is 0.857 bits per heavy atom. The summed E-state index contributed by atoms with van der Waals surface area (Å²) in [6.07, 6.45) is 0.460. The molecule has 1 N–H and O–H groups in total. The molecule has 0 bridgehead atoms. The van der Waals surface area contributed by atoms with E-state index in [1.807, 2.05) is 84.9 Å². The van der Waals surface area contributed by atoms with Gasteiger partial charge in [-0.15, -0.1) is 0 Å². The number of carbonyl (C=O) groups is 2. The van der Waals surface area contributed by atoms with E-state index in [9.17, 15) is 9.59 Å². The third kappa shape index (κ3) is 3.96. The maximum Gasteiger partial charge on any atom is 0.251 e. The standard InChI is InChI=1S/C24H22N2O2/c27-23-15-18(17-26(23)22-9-5-2-6-10-22)16-25-24(28)21-13-11-20(12-14-21)19-7-3-1-4-8-19/h1-14,18H,15-17H2,(H,25,28). The fraction of sp³-hybridized carbons (Fsp3) is 0.167. The molecule has 1 saturated heterocycles. The van der Waals surface area contributed by atoms with Crippen molar-refractivity contribution in [3.63, 3.8) is 0 Å². The fourth-order valence-electron chi connectivity index (χ4n) is 3.56. The second-order valence-electron chi connectivity index (χ2n) is 7.06. The quantitative estimate of drug-likeness (QED) is 0.734. The van der Waals surface area contributed by atoms with E-state index in [0.717, 1.165) is 16.8 Å². The number of hydrogen-bond donors (Lipinski definition) is 1. The molecule has 4 rings (SSSR count). The average Bonchev–Trinajstić information content (AvgIpc) is 3.14. The average molecular weight is 370 g/mol. The summed E-state index contributed by atoms with van der Waals surface area (Å²) in [5.41, 5.74) is 3.75. The molecule has 0 radical (unpaired) electrons. The lowest BCUT2D eigenvalue weighted by molar-refractivity contribution is -0.117. The molecule has 1 atom stereocenters. The Balaban J connectivity index is 1.34. The minimum Gasteiger partial charge on any atom is -0.352 e. The van der Waals surface area contributed by atoms with Crippen LogP contribution in [-0.2, 0) is 4.79 Å². The van der Waals surface area contributed by atoms with Gasteiger partial charge in [0, 0.05) is 36.7 Å². The molecule has 4 nitrogen and oxygen atoms in total. The number of rotatable bonds is 5. The van der Waals surface area contributed by atoms with Crippen LogP contribution in [0.2, 0.25) is 0 Å². The van der Waals surface area contributed by atoms with Crippen LogP contribution in [0.25, 0.3) is 11.1 Å². The van der Waals surface area contributed by atoms with Gasteiger partial charge in [-0.05, 0) is 35.4 Å². The van der Waals surface area contributed by atoms with Crippen LogP contribution in [0.5, 0.6) is 0 Å². The largest absolute Gasteiger partial charge is 0.352 e. The molecule has 1 unspecified atom stereocenters. The first-order valence-corrected chi connectivity index (χ1v) is 9.50. The first-order valence-electron chi connectivity index (χ1n) is 9.50. The van der Waals surface area contributed by atoms with Crippen LogP contribution >= 0.6 is 0 Å².